The second-order valence-corrected chi connectivity index (χ2v) is 9.79. The lowest BCUT2D eigenvalue weighted by atomic mass is 9.71. The molecule has 1 nitrogen and oxygen atoms in total. The third-order valence-corrected chi connectivity index (χ3v) is 7.89. The molecule has 0 saturated heterocycles. The Kier molecular flexibility index (Phi) is 4.53. The minimum Gasteiger partial charge on any atom is -0.313 e. The molecule has 2 bridgehead atoms. The number of benzene rings is 3. The standard InChI is InChI=1S/C29H31N/c1-2-8-21(9-3-1)18-23(30-20-22-14-15-22)16-17-29-19-26(24-10-4-6-12-27(24)29)25-11-5-7-13-28(25)29/h1-13,22-23,26,30H,14-20H2. The van der Waals surface area contributed by atoms with Crippen LogP contribution in [0.4, 0.5) is 0 Å². The first kappa shape index (κ1) is 18.4. The largest absolute Gasteiger partial charge is 0.313 e. The minimum atomic E-state index is 0.216. The van der Waals surface area contributed by atoms with Crippen molar-refractivity contribution in [3.63, 3.8) is 0 Å². The summed E-state index contributed by atoms with van der Waals surface area (Å²) in [5.41, 5.74) is 8.06. The van der Waals surface area contributed by atoms with Crippen LogP contribution in [0.2, 0.25) is 0 Å². The molecule has 3 aromatic carbocycles. The molecule has 3 aliphatic carbocycles. The maximum atomic E-state index is 3.96. The Labute approximate surface area is 180 Å². The fourth-order valence-corrected chi connectivity index (χ4v) is 6.20. The van der Waals surface area contributed by atoms with Gasteiger partial charge in [-0.25, -0.2) is 0 Å². The second kappa shape index (κ2) is 7.39. The highest BCUT2D eigenvalue weighted by molar-refractivity contribution is 5.62. The van der Waals surface area contributed by atoms with Gasteiger partial charge in [-0.2, -0.15) is 0 Å². The first-order valence-electron chi connectivity index (χ1n) is 11.8. The van der Waals surface area contributed by atoms with E-state index in [0.717, 1.165) is 12.3 Å². The highest BCUT2D eigenvalue weighted by Crippen LogP contribution is 2.61. The van der Waals surface area contributed by atoms with Crippen LogP contribution in [-0.4, -0.2) is 12.6 Å². The molecule has 0 radical (unpaired) electrons. The molecule has 0 heterocycles. The fraction of sp³-hybridized carbons (Fsp3) is 0.379. The number of hydrogen-bond donors (Lipinski definition) is 1. The maximum absolute atomic E-state index is 3.96. The van der Waals surface area contributed by atoms with Crippen LogP contribution in [0.1, 0.15) is 65.8 Å². The quantitative estimate of drug-likeness (QED) is 0.479. The van der Waals surface area contributed by atoms with Gasteiger partial charge in [-0.05, 0) is 78.8 Å². The van der Waals surface area contributed by atoms with Gasteiger partial charge >= 0.3 is 0 Å². The first-order valence-corrected chi connectivity index (χ1v) is 11.8. The molecule has 1 fully saturated rings. The number of nitrogens with one attached hydrogen (secondary N) is 1. The van der Waals surface area contributed by atoms with Gasteiger partial charge in [0.25, 0.3) is 0 Å². The molecule has 1 heteroatoms. The van der Waals surface area contributed by atoms with Gasteiger partial charge in [-0.1, -0.05) is 78.9 Å². The molecule has 3 aliphatic rings. The summed E-state index contributed by atoms with van der Waals surface area (Å²) in [5, 5.41) is 3.96. The number of fused-ring (bicyclic) bond motifs is 8. The summed E-state index contributed by atoms with van der Waals surface area (Å²) in [6.07, 6.45) is 7.71. The van der Waals surface area contributed by atoms with Crippen molar-refractivity contribution in [3.05, 3.63) is 107 Å². The van der Waals surface area contributed by atoms with Gasteiger partial charge in [0.1, 0.15) is 0 Å². The third kappa shape index (κ3) is 3.11. The lowest BCUT2D eigenvalue weighted by Crippen LogP contribution is -2.35. The van der Waals surface area contributed by atoms with E-state index >= 15 is 0 Å². The van der Waals surface area contributed by atoms with E-state index in [1.54, 1.807) is 22.3 Å². The summed E-state index contributed by atoms with van der Waals surface area (Å²) in [6, 6.07) is 30.1. The molecule has 0 spiro atoms. The second-order valence-electron chi connectivity index (χ2n) is 9.79. The van der Waals surface area contributed by atoms with Crippen molar-refractivity contribution in [1.82, 2.24) is 5.32 Å². The molecular formula is C29H31N. The molecule has 1 atom stereocenters. The topological polar surface area (TPSA) is 12.0 Å². The van der Waals surface area contributed by atoms with E-state index in [-0.39, 0.29) is 5.41 Å². The molecule has 1 saturated carbocycles. The summed E-state index contributed by atoms with van der Waals surface area (Å²) in [4.78, 5) is 0. The molecule has 1 N–H and O–H groups in total. The summed E-state index contributed by atoms with van der Waals surface area (Å²) in [7, 11) is 0. The van der Waals surface area contributed by atoms with Gasteiger partial charge < -0.3 is 5.32 Å². The first-order chi connectivity index (χ1) is 14.8. The molecule has 152 valence electrons. The van der Waals surface area contributed by atoms with E-state index in [4.69, 9.17) is 0 Å². The summed E-state index contributed by atoms with van der Waals surface area (Å²) in [5.74, 6) is 1.52. The Morgan fingerprint density at radius 3 is 2.10 bits per heavy atom. The Bertz CT molecular complexity index is 985. The van der Waals surface area contributed by atoms with Crippen molar-refractivity contribution in [2.24, 2.45) is 5.92 Å². The van der Waals surface area contributed by atoms with E-state index in [2.05, 4.69) is 84.2 Å². The smallest absolute Gasteiger partial charge is 0.0218 e. The maximum Gasteiger partial charge on any atom is 0.0218 e. The summed E-state index contributed by atoms with van der Waals surface area (Å²) in [6.45, 7) is 1.19. The Morgan fingerprint density at radius 2 is 1.43 bits per heavy atom. The van der Waals surface area contributed by atoms with Crippen LogP contribution in [0.15, 0.2) is 78.9 Å². The Balaban J connectivity index is 1.28. The van der Waals surface area contributed by atoms with E-state index in [1.807, 2.05) is 0 Å². The highest BCUT2D eigenvalue weighted by atomic mass is 14.9. The molecule has 0 aromatic heterocycles. The molecule has 6 rings (SSSR count). The van der Waals surface area contributed by atoms with E-state index in [1.165, 1.54) is 44.2 Å². The molecule has 0 amide bonds. The van der Waals surface area contributed by atoms with E-state index < -0.39 is 0 Å². The monoisotopic (exact) mass is 393 g/mol. The van der Waals surface area contributed by atoms with Crippen LogP contribution < -0.4 is 5.32 Å². The van der Waals surface area contributed by atoms with Crippen molar-refractivity contribution in [1.29, 1.82) is 0 Å². The molecule has 3 aromatic rings. The van der Waals surface area contributed by atoms with Crippen LogP contribution in [0, 0.1) is 5.92 Å². The average molecular weight is 394 g/mol. The number of rotatable bonds is 8. The van der Waals surface area contributed by atoms with Crippen LogP contribution >= 0.6 is 0 Å². The predicted molar refractivity (Wildman–Crippen MR) is 124 cm³/mol. The highest BCUT2D eigenvalue weighted by Gasteiger charge is 2.52. The fourth-order valence-electron chi connectivity index (χ4n) is 6.20. The summed E-state index contributed by atoms with van der Waals surface area (Å²) < 4.78 is 0. The van der Waals surface area contributed by atoms with Gasteiger partial charge in [0.15, 0.2) is 0 Å². The van der Waals surface area contributed by atoms with Crippen molar-refractivity contribution in [2.45, 2.75) is 55.9 Å². The Hall–Kier alpha value is -2.38. The van der Waals surface area contributed by atoms with Gasteiger partial charge in [-0.15, -0.1) is 0 Å². The van der Waals surface area contributed by atoms with Crippen molar-refractivity contribution >= 4 is 0 Å². The zero-order valence-electron chi connectivity index (χ0n) is 17.7. The van der Waals surface area contributed by atoms with Gasteiger partial charge in [0, 0.05) is 17.4 Å². The Morgan fingerprint density at radius 1 is 0.800 bits per heavy atom. The van der Waals surface area contributed by atoms with Crippen LogP contribution in [0.3, 0.4) is 0 Å². The van der Waals surface area contributed by atoms with Gasteiger partial charge in [0.2, 0.25) is 0 Å². The molecular weight excluding hydrogens is 362 g/mol. The van der Waals surface area contributed by atoms with E-state index in [0.29, 0.717) is 12.0 Å². The van der Waals surface area contributed by atoms with Crippen LogP contribution in [0.25, 0.3) is 0 Å². The molecule has 30 heavy (non-hydrogen) atoms. The number of hydrogen-bond acceptors (Lipinski definition) is 1. The predicted octanol–water partition coefficient (Wildman–Crippen LogP) is 6.21. The molecule has 1 unspecified atom stereocenters. The molecule has 0 aliphatic heterocycles. The summed E-state index contributed by atoms with van der Waals surface area (Å²) >= 11 is 0. The minimum absolute atomic E-state index is 0.216. The van der Waals surface area contributed by atoms with Gasteiger partial charge in [0.05, 0.1) is 0 Å². The zero-order chi connectivity index (χ0) is 20.0. The lowest BCUT2D eigenvalue weighted by molar-refractivity contribution is 0.391. The van der Waals surface area contributed by atoms with Gasteiger partial charge in [-0.3, -0.25) is 0 Å². The van der Waals surface area contributed by atoms with Crippen molar-refractivity contribution in [2.75, 3.05) is 6.54 Å². The SMILES string of the molecule is c1ccc(CC(CCC23CC(c4ccccc42)c2ccccc23)NCC2CC2)cc1. The van der Waals surface area contributed by atoms with Crippen LogP contribution in [0.5, 0.6) is 0 Å². The lowest BCUT2D eigenvalue weighted by Gasteiger charge is -2.33. The normalized spacial score (nSPS) is 24.5. The van der Waals surface area contributed by atoms with Crippen molar-refractivity contribution in [3.8, 4) is 0 Å². The van der Waals surface area contributed by atoms with Crippen LogP contribution in [-0.2, 0) is 11.8 Å². The van der Waals surface area contributed by atoms with E-state index in [9.17, 15) is 0 Å². The van der Waals surface area contributed by atoms with Crippen molar-refractivity contribution < 1.29 is 0 Å². The zero-order valence-corrected chi connectivity index (χ0v) is 17.7. The average Bonchev–Trinajstić information content (AvgIpc) is 3.50. The third-order valence-electron chi connectivity index (χ3n) is 7.89.